The van der Waals surface area contributed by atoms with E-state index in [1.807, 2.05) is 0 Å². The molecule has 0 aliphatic rings. The molecule has 0 saturated carbocycles. The molecule has 1 N–H and O–H groups in total. The molecule has 0 aliphatic carbocycles. The second-order valence-electron chi connectivity index (χ2n) is 2.38. The number of H-pyrrole nitrogens is 1. The van der Waals surface area contributed by atoms with E-state index in [-0.39, 0.29) is 12.2 Å². The van der Waals surface area contributed by atoms with Crippen molar-refractivity contribution in [2.45, 2.75) is 13.5 Å². The number of nitrogens with one attached hydrogen (secondary N) is 1. The van der Waals surface area contributed by atoms with Crippen LogP contribution in [0.5, 0.6) is 0 Å². The number of carbonyl (C=O) groups excluding carboxylic acids is 1. The second kappa shape index (κ2) is 4.88. The Kier molecular flexibility index (Phi) is 3.51. The Balaban J connectivity index is 2.67. The van der Waals surface area contributed by atoms with Crippen LogP contribution in [0, 0.1) is 0 Å². The van der Waals surface area contributed by atoms with Gasteiger partial charge in [0.1, 0.15) is 5.69 Å². The van der Waals surface area contributed by atoms with E-state index in [4.69, 9.17) is 10.3 Å². The molecule has 74 valence electrons. The van der Waals surface area contributed by atoms with E-state index in [1.54, 1.807) is 6.92 Å². The highest BCUT2D eigenvalue weighted by Gasteiger charge is 2.09. The molecule has 1 heterocycles. The number of aromatic amines is 1. The summed E-state index contributed by atoms with van der Waals surface area (Å²) in [6.07, 6.45) is 0. The highest BCUT2D eigenvalue weighted by atomic mass is 16.5. The predicted octanol–water partition coefficient (Wildman–Crippen LogP) is 1.40. The minimum Gasteiger partial charge on any atom is -0.461 e. The molecule has 0 amide bonds. The van der Waals surface area contributed by atoms with Crippen LogP contribution < -0.4 is 0 Å². The van der Waals surface area contributed by atoms with Crippen molar-refractivity contribution in [2.75, 3.05) is 6.61 Å². The molecule has 1 aromatic rings. The number of hydrogen-bond donors (Lipinski definition) is 1. The lowest BCUT2D eigenvalue weighted by Gasteiger charge is -1.95. The van der Waals surface area contributed by atoms with E-state index in [2.05, 4.69) is 20.2 Å². The van der Waals surface area contributed by atoms with E-state index >= 15 is 0 Å². The molecule has 0 bridgehead atoms. The first kappa shape index (κ1) is 10.1. The predicted molar refractivity (Wildman–Crippen MR) is 47.4 cm³/mol. The maximum absolute atomic E-state index is 11.1. The number of rotatable bonds is 4. The van der Waals surface area contributed by atoms with Crippen molar-refractivity contribution in [3.8, 4) is 0 Å². The summed E-state index contributed by atoms with van der Waals surface area (Å²) in [5.74, 6) is -0.466. The van der Waals surface area contributed by atoms with Gasteiger partial charge in [-0.2, -0.15) is 5.10 Å². The largest absolute Gasteiger partial charge is 0.461 e. The molecule has 0 spiro atoms. The molecule has 0 radical (unpaired) electrons. The molecule has 7 heteroatoms. The number of carbonyl (C=O) groups is 1. The number of azide groups is 1. The van der Waals surface area contributed by atoms with Crippen LogP contribution >= 0.6 is 0 Å². The third kappa shape index (κ3) is 2.49. The summed E-state index contributed by atoms with van der Waals surface area (Å²) in [4.78, 5) is 13.7. The molecule has 0 atom stereocenters. The van der Waals surface area contributed by atoms with Crippen LogP contribution in [-0.2, 0) is 11.3 Å². The maximum Gasteiger partial charge on any atom is 0.356 e. The summed E-state index contributed by atoms with van der Waals surface area (Å²) in [7, 11) is 0. The van der Waals surface area contributed by atoms with Crippen LogP contribution in [0.1, 0.15) is 23.1 Å². The van der Waals surface area contributed by atoms with Gasteiger partial charge >= 0.3 is 5.97 Å². The highest BCUT2D eigenvalue weighted by molar-refractivity contribution is 5.87. The summed E-state index contributed by atoms with van der Waals surface area (Å²) >= 11 is 0. The fourth-order valence-corrected chi connectivity index (χ4v) is 0.862. The van der Waals surface area contributed by atoms with Crippen LogP contribution in [0.25, 0.3) is 10.4 Å². The van der Waals surface area contributed by atoms with Gasteiger partial charge in [-0.25, -0.2) is 4.79 Å². The van der Waals surface area contributed by atoms with E-state index in [0.717, 1.165) is 0 Å². The first-order valence-electron chi connectivity index (χ1n) is 4.00. The van der Waals surface area contributed by atoms with E-state index in [0.29, 0.717) is 12.3 Å². The third-order valence-corrected chi connectivity index (χ3v) is 1.42. The zero-order chi connectivity index (χ0) is 10.4. The quantitative estimate of drug-likeness (QED) is 0.339. The van der Waals surface area contributed by atoms with Gasteiger partial charge in [-0.3, -0.25) is 5.10 Å². The third-order valence-electron chi connectivity index (χ3n) is 1.42. The molecule has 14 heavy (non-hydrogen) atoms. The average Bonchev–Trinajstić information content (AvgIpc) is 2.63. The first-order chi connectivity index (χ1) is 6.77. The first-order valence-corrected chi connectivity index (χ1v) is 4.00. The molecule has 1 rings (SSSR count). The van der Waals surface area contributed by atoms with Gasteiger partial charge < -0.3 is 4.74 Å². The summed E-state index contributed by atoms with van der Waals surface area (Å²) in [5, 5.41) is 9.56. The average molecular weight is 195 g/mol. The summed E-state index contributed by atoms with van der Waals surface area (Å²) < 4.78 is 4.73. The summed E-state index contributed by atoms with van der Waals surface area (Å²) in [6.45, 7) is 2.14. The molecule has 0 unspecified atom stereocenters. The van der Waals surface area contributed by atoms with Gasteiger partial charge in [-0.15, -0.1) is 0 Å². The molecule has 7 nitrogen and oxygen atoms in total. The Labute approximate surface area is 79.7 Å². The van der Waals surface area contributed by atoms with Gasteiger partial charge in [0.15, 0.2) is 0 Å². The Morgan fingerprint density at radius 1 is 1.86 bits per heavy atom. The zero-order valence-corrected chi connectivity index (χ0v) is 7.60. The Morgan fingerprint density at radius 2 is 2.64 bits per heavy atom. The van der Waals surface area contributed by atoms with Crippen LogP contribution in [0.15, 0.2) is 11.2 Å². The minimum atomic E-state index is -0.466. The lowest BCUT2D eigenvalue weighted by Crippen LogP contribution is -2.04. The lowest BCUT2D eigenvalue weighted by atomic mass is 10.3. The van der Waals surface area contributed by atoms with Crippen LogP contribution in [0.2, 0.25) is 0 Å². The van der Waals surface area contributed by atoms with E-state index < -0.39 is 5.97 Å². The van der Waals surface area contributed by atoms with Crippen molar-refractivity contribution >= 4 is 5.97 Å². The Bertz CT molecular complexity index is 366. The number of nitrogens with zero attached hydrogens (tertiary/aromatic N) is 4. The van der Waals surface area contributed by atoms with Gasteiger partial charge in [0.05, 0.1) is 18.8 Å². The SMILES string of the molecule is CCOC(=O)c1cc(CN=[N+]=[N-])n[nH]1. The van der Waals surface area contributed by atoms with Crippen molar-refractivity contribution in [2.24, 2.45) is 5.11 Å². The summed E-state index contributed by atoms with van der Waals surface area (Å²) in [5.41, 5.74) is 8.82. The fourth-order valence-electron chi connectivity index (χ4n) is 0.862. The topological polar surface area (TPSA) is 104 Å². The van der Waals surface area contributed by atoms with Crippen LogP contribution in [0.4, 0.5) is 0 Å². The highest BCUT2D eigenvalue weighted by Crippen LogP contribution is 2.02. The lowest BCUT2D eigenvalue weighted by molar-refractivity contribution is 0.0519. The van der Waals surface area contributed by atoms with E-state index in [9.17, 15) is 4.79 Å². The summed E-state index contributed by atoms with van der Waals surface area (Å²) in [6, 6.07) is 1.49. The standard InChI is InChI=1S/C7H9N5O2/c1-2-14-7(13)6-3-5(10-11-6)4-9-12-8/h3H,2,4H2,1H3,(H,10,11). The second-order valence-corrected chi connectivity index (χ2v) is 2.38. The molecule has 0 aromatic carbocycles. The molecule has 1 aromatic heterocycles. The van der Waals surface area contributed by atoms with Crippen molar-refractivity contribution < 1.29 is 9.53 Å². The van der Waals surface area contributed by atoms with Gasteiger partial charge in [0.2, 0.25) is 0 Å². The smallest absolute Gasteiger partial charge is 0.356 e. The number of esters is 1. The number of ether oxygens (including phenoxy) is 1. The van der Waals surface area contributed by atoms with Crippen LogP contribution in [0.3, 0.4) is 0 Å². The normalized spacial score (nSPS) is 9.21. The van der Waals surface area contributed by atoms with Gasteiger partial charge in [-0.1, -0.05) is 5.11 Å². The molecule has 0 aliphatic heterocycles. The maximum atomic E-state index is 11.1. The molecule has 0 saturated heterocycles. The Hall–Kier alpha value is -2.01. The monoisotopic (exact) mass is 195 g/mol. The van der Waals surface area contributed by atoms with Crippen molar-refractivity contribution in [3.05, 3.63) is 27.9 Å². The van der Waals surface area contributed by atoms with Crippen molar-refractivity contribution in [1.29, 1.82) is 0 Å². The van der Waals surface area contributed by atoms with Crippen LogP contribution in [-0.4, -0.2) is 22.8 Å². The molecular formula is C7H9N5O2. The molecular weight excluding hydrogens is 186 g/mol. The van der Waals surface area contributed by atoms with E-state index in [1.165, 1.54) is 6.07 Å². The van der Waals surface area contributed by atoms with Gasteiger partial charge in [-0.05, 0) is 18.5 Å². The van der Waals surface area contributed by atoms with Crippen molar-refractivity contribution in [1.82, 2.24) is 10.2 Å². The number of aromatic nitrogens is 2. The van der Waals surface area contributed by atoms with Gasteiger partial charge in [0.25, 0.3) is 0 Å². The fraction of sp³-hybridized carbons (Fsp3) is 0.429. The number of hydrogen-bond acceptors (Lipinski definition) is 4. The zero-order valence-electron chi connectivity index (χ0n) is 7.60. The minimum absolute atomic E-state index is 0.117. The molecule has 0 fully saturated rings. The van der Waals surface area contributed by atoms with Crippen molar-refractivity contribution in [3.63, 3.8) is 0 Å². The van der Waals surface area contributed by atoms with Gasteiger partial charge in [0, 0.05) is 4.91 Å². The Morgan fingerprint density at radius 3 is 3.29 bits per heavy atom.